The summed E-state index contributed by atoms with van der Waals surface area (Å²) in [6.45, 7) is 12.8. The number of urea groups is 1. The summed E-state index contributed by atoms with van der Waals surface area (Å²) >= 11 is 0. The van der Waals surface area contributed by atoms with Crippen molar-refractivity contribution in [1.82, 2.24) is 14.7 Å². The van der Waals surface area contributed by atoms with Gasteiger partial charge in [-0.15, -0.1) is 0 Å². The van der Waals surface area contributed by atoms with Gasteiger partial charge in [0.1, 0.15) is 5.82 Å². The highest BCUT2D eigenvalue weighted by molar-refractivity contribution is 5.99. The molecule has 3 aromatic rings. The van der Waals surface area contributed by atoms with Crippen molar-refractivity contribution >= 4 is 23.2 Å². The second-order valence-electron chi connectivity index (χ2n) is 10.8. The van der Waals surface area contributed by atoms with Crippen LogP contribution in [0.4, 0.5) is 22.0 Å². The molecule has 2 N–H and O–H groups in total. The van der Waals surface area contributed by atoms with Crippen LogP contribution in [0, 0.1) is 6.92 Å². The number of hydrogen-bond acceptors (Lipinski definition) is 4. The molecule has 0 radical (unpaired) electrons. The van der Waals surface area contributed by atoms with Crippen molar-refractivity contribution in [2.24, 2.45) is 0 Å². The Morgan fingerprint density at radius 2 is 1.51 bits per heavy atom. The molecule has 35 heavy (non-hydrogen) atoms. The molecule has 0 atom stereocenters. The normalized spacial score (nSPS) is 16.9. The van der Waals surface area contributed by atoms with Crippen LogP contribution in [-0.4, -0.2) is 52.9 Å². The number of hydrogen-bond donors (Lipinski definition) is 2. The molecule has 0 spiro atoms. The van der Waals surface area contributed by atoms with E-state index in [2.05, 4.69) is 60.3 Å². The van der Waals surface area contributed by atoms with Crippen LogP contribution in [0.25, 0.3) is 5.69 Å². The van der Waals surface area contributed by atoms with E-state index in [4.69, 9.17) is 5.10 Å². The minimum Gasteiger partial charge on any atom is -0.369 e. The first-order valence-corrected chi connectivity index (χ1v) is 12.6. The maximum atomic E-state index is 12.9. The van der Waals surface area contributed by atoms with Crippen molar-refractivity contribution in [2.45, 2.75) is 52.0 Å². The van der Waals surface area contributed by atoms with Gasteiger partial charge < -0.3 is 10.2 Å². The highest BCUT2D eigenvalue weighted by atomic mass is 16.2. The first-order chi connectivity index (χ1) is 16.8. The molecule has 5 rings (SSSR count). The van der Waals surface area contributed by atoms with Crippen molar-refractivity contribution in [3.8, 4) is 5.69 Å². The van der Waals surface area contributed by atoms with Crippen LogP contribution in [0.1, 0.15) is 44.9 Å². The van der Waals surface area contributed by atoms with Gasteiger partial charge in [0.2, 0.25) is 0 Å². The van der Waals surface area contributed by atoms with E-state index in [1.807, 2.05) is 42.5 Å². The van der Waals surface area contributed by atoms with E-state index in [-0.39, 0.29) is 11.4 Å². The molecule has 0 bridgehead atoms. The zero-order valence-corrected chi connectivity index (χ0v) is 21.2. The lowest BCUT2D eigenvalue weighted by Gasteiger charge is -2.36. The predicted octanol–water partition coefficient (Wildman–Crippen LogP) is 5.41. The molecule has 2 amide bonds. The van der Waals surface area contributed by atoms with Crippen LogP contribution < -0.4 is 15.5 Å². The van der Waals surface area contributed by atoms with Crippen LogP contribution >= 0.6 is 0 Å². The fourth-order valence-corrected chi connectivity index (χ4v) is 4.54. The highest BCUT2D eigenvalue weighted by Crippen LogP contribution is 2.29. The fourth-order valence-electron chi connectivity index (χ4n) is 4.54. The molecule has 1 aliphatic carbocycles. The Morgan fingerprint density at radius 3 is 2.11 bits per heavy atom. The van der Waals surface area contributed by atoms with Crippen LogP contribution in [-0.2, 0) is 5.41 Å². The lowest BCUT2D eigenvalue weighted by Crippen LogP contribution is -2.47. The van der Waals surface area contributed by atoms with Gasteiger partial charge in [0.15, 0.2) is 0 Å². The SMILES string of the molecule is Cc1ccc(-n2nc(C(C)(C)C)cc2NC(=O)Nc2ccc(N3CCN(C4CC4)CC3)cc2)cc1. The van der Waals surface area contributed by atoms with Crippen LogP contribution in [0.5, 0.6) is 0 Å². The van der Waals surface area contributed by atoms with Crippen LogP contribution in [0.15, 0.2) is 54.6 Å². The smallest absolute Gasteiger partial charge is 0.324 e. The third kappa shape index (κ3) is 5.51. The van der Waals surface area contributed by atoms with Gasteiger partial charge in [-0.3, -0.25) is 10.2 Å². The molecule has 2 aromatic carbocycles. The average molecular weight is 473 g/mol. The zero-order valence-electron chi connectivity index (χ0n) is 21.2. The predicted molar refractivity (Wildman–Crippen MR) is 143 cm³/mol. The Morgan fingerprint density at radius 1 is 0.886 bits per heavy atom. The molecule has 184 valence electrons. The van der Waals surface area contributed by atoms with E-state index in [0.717, 1.165) is 49.3 Å². The van der Waals surface area contributed by atoms with Crippen molar-refractivity contribution in [2.75, 3.05) is 41.7 Å². The molecule has 2 heterocycles. The Labute approximate surface area is 208 Å². The number of nitrogens with one attached hydrogen (secondary N) is 2. The minimum atomic E-state index is -0.287. The Balaban J connectivity index is 1.25. The lowest BCUT2D eigenvalue weighted by molar-refractivity contribution is 0.248. The van der Waals surface area contributed by atoms with Crippen LogP contribution in [0.3, 0.4) is 0 Å². The number of nitrogens with zero attached hydrogens (tertiary/aromatic N) is 4. The standard InChI is InChI=1S/C28H36N6O/c1-20-5-9-24(10-6-20)34-26(19-25(31-34)28(2,3)4)30-27(35)29-21-7-11-22(12-8-21)32-15-17-33(18-16-32)23-13-14-23/h5-12,19,23H,13-18H2,1-4H3,(H2,29,30,35). The fraction of sp³-hybridized carbons (Fsp3) is 0.429. The molecule has 2 aliphatic rings. The van der Waals surface area contributed by atoms with E-state index in [1.165, 1.54) is 24.1 Å². The maximum Gasteiger partial charge on any atom is 0.324 e. The zero-order chi connectivity index (χ0) is 24.6. The highest BCUT2D eigenvalue weighted by Gasteiger charge is 2.31. The number of amides is 2. The van der Waals surface area contributed by atoms with E-state index in [0.29, 0.717) is 5.82 Å². The Hall–Kier alpha value is -3.32. The minimum absolute atomic E-state index is 0.136. The summed E-state index contributed by atoms with van der Waals surface area (Å²) in [4.78, 5) is 17.9. The van der Waals surface area contributed by atoms with Crippen LogP contribution in [0.2, 0.25) is 0 Å². The third-order valence-electron chi connectivity index (χ3n) is 6.87. The summed E-state index contributed by atoms with van der Waals surface area (Å²) < 4.78 is 1.80. The first-order valence-electron chi connectivity index (χ1n) is 12.6. The van der Waals surface area contributed by atoms with Gasteiger partial charge >= 0.3 is 6.03 Å². The van der Waals surface area contributed by atoms with Gasteiger partial charge in [0.05, 0.1) is 11.4 Å². The molecule has 1 aliphatic heterocycles. The number of carbonyl (C=O) groups excluding carboxylic acids is 1. The van der Waals surface area contributed by atoms with E-state index < -0.39 is 0 Å². The summed E-state index contributed by atoms with van der Waals surface area (Å²) in [5.41, 5.74) is 4.84. The summed E-state index contributed by atoms with van der Waals surface area (Å²) in [6.07, 6.45) is 2.73. The number of rotatable bonds is 5. The van der Waals surface area contributed by atoms with Gasteiger partial charge in [-0.25, -0.2) is 9.48 Å². The van der Waals surface area contributed by atoms with E-state index in [1.54, 1.807) is 4.68 Å². The first kappa shape index (κ1) is 23.4. The van der Waals surface area contributed by atoms with Gasteiger partial charge in [0, 0.05) is 55.1 Å². The topological polar surface area (TPSA) is 65.4 Å². The second kappa shape index (κ2) is 9.38. The van der Waals surface area contributed by atoms with E-state index in [9.17, 15) is 4.79 Å². The Kier molecular flexibility index (Phi) is 6.28. The van der Waals surface area contributed by atoms with Crippen molar-refractivity contribution in [3.05, 3.63) is 65.9 Å². The van der Waals surface area contributed by atoms with Crippen molar-refractivity contribution < 1.29 is 4.79 Å². The summed E-state index contributed by atoms with van der Waals surface area (Å²) in [5, 5.41) is 10.8. The molecule has 2 fully saturated rings. The molecular formula is C28H36N6O. The molecule has 1 aromatic heterocycles. The average Bonchev–Trinajstić information content (AvgIpc) is 3.60. The third-order valence-corrected chi connectivity index (χ3v) is 6.87. The number of anilines is 3. The number of aryl methyl sites for hydroxylation is 1. The molecule has 0 unspecified atom stereocenters. The number of aromatic nitrogens is 2. The van der Waals surface area contributed by atoms with Crippen molar-refractivity contribution in [1.29, 1.82) is 0 Å². The lowest BCUT2D eigenvalue weighted by atomic mass is 9.92. The van der Waals surface area contributed by atoms with Gasteiger partial charge in [-0.2, -0.15) is 5.10 Å². The molecule has 1 saturated heterocycles. The molecular weight excluding hydrogens is 436 g/mol. The summed E-state index contributed by atoms with van der Waals surface area (Å²) in [7, 11) is 0. The molecule has 7 heteroatoms. The second-order valence-corrected chi connectivity index (χ2v) is 10.8. The van der Waals surface area contributed by atoms with Crippen molar-refractivity contribution in [3.63, 3.8) is 0 Å². The molecule has 1 saturated carbocycles. The summed E-state index contributed by atoms with van der Waals surface area (Å²) in [6, 6.07) is 18.8. The molecule has 7 nitrogen and oxygen atoms in total. The number of carbonyl (C=O) groups is 1. The van der Waals surface area contributed by atoms with Gasteiger partial charge in [0.25, 0.3) is 0 Å². The summed E-state index contributed by atoms with van der Waals surface area (Å²) in [5.74, 6) is 0.640. The van der Waals surface area contributed by atoms with Gasteiger partial charge in [-0.1, -0.05) is 38.5 Å². The Bertz CT molecular complexity index is 1160. The number of piperazine rings is 1. The van der Waals surface area contributed by atoms with Gasteiger partial charge in [-0.05, 0) is 56.2 Å². The monoisotopic (exact) mass is 472 g/mol. The number of benzene rings is 2. The maximum absolute atomic E-state index is 12.9. The largest absolute Gasteiger partial charge is 0.369 e. The quantitative estimate of drug-likeness (QED) is 0.521. The van der Waals surface area contributed by atoms with E-state index >= 15 is 0 Å².